The van der Waals surface area contributed by atoms with Crippen LogP contribution in [0.25, 0.3) is 0 Å². The number of amides is 1. The first-order chi connectivity index (χ1) is 9.98. The second-order valence-corrected chi connectivity index (χ2v) is 5.06. The molecule has 0 saturated carbocycles. The van der Waals surface area contributed by atoms with E-state index in [0.29, 0.717) is 28.7 Å². The summed E-state index contributed by atoms with van der Waals surface area (Å²) in [6.07, 6.45) is 1.01. The molecule has 0 saturated heterocycles. The molecule has 0 bridgehead atoms. The average Bonchev–Trinajstić information content (AvgIpc) is 2.51. The molecular weight excluding hydrogens is 270 g/mol. The van der Waals surface area contributed by atoms with Crippen LogP contribution in [-0.4, -0.2) is 33.3 Å². The van der Waals surface area contributed by atoms with E-state index >= 15 is 0 Å². The zero-order valence-corrected chi connectivity index (χ0v) is 13.6. The van der Waals surface area contributed by atoms with Gasteiger partial charge in [0.1, 0.15) is 0 Å². The van der Waals surface area contributed by atoms with Gasteiger partial charge >= 0.3 is 0 Å². The Bertz CT molecular complexity index is 462. The number of carbonyl (C=O) groups is 1. The van der Waals surface area contributed by atoms with Gasteiger partial charge < -0.3 is 19.5 Å². The van der Waals surface area contributed by atoms with Crippen LogP contribution >= 0.6 is 0 Å². The van der Waals surface area contributed by atoms with E-state index in [1.54, 1.807) is 12.1 Å². The Labute approximate surface area is 126 Å². The summed E-state index contributed by atoms with van der Waals surface area (Å²) in [4.78, 5) is 12.3. The van der Waals surface area contributed by atoms with Crippen molar-refractivity contribution in [3.8, 4) is 17.2 Å². The average molecular weight is 295 g/mol. The zero-order chi connectivity index (χ0) is 16.0. The van der Waals surface area contributed by atoms with Crippen molar-refractivity contribution >= 4 is 5.91 Å². The number of methoxy groups -OCH3 is 3. The number of hydrogen-bond acceptors (Lipinski definition) is 4. The van der Waals surface area contributed by atoms with E-state index in [1.165, 1.54) is 21.3 Å². The summed E-state index contributed by atoms with van der Waals surface area (Å²) in [6, 6.07) is 3.40. The lowest BCUT2D eigenvalue weighted by molar-refractivity contribution is 0.0927. The summed E-state index contributed by atoms with van der Waals surface area (Å²) in [5.74, 6) is 1.68. The van der Waals surface area contributed by atoms with E-state index in [0.717, 1.165) is 6.42 Å². The molecule has 1 amide bonds. The standard InChI is InChI=1S/C16H25NO4/c1-7-10(2)11(3)17-16(18)12-8-13(19-4)15(21-6)14(9-12)20-5/h8-11H,7H2,1-6H3,(H,17,18). The normalized spacial score (nSPS) is 13.2. The van der Waals surface area contributed by atoms with Crippen LogP contribution in [0.3, 0.4) is 0 Å². The Hall–Kier alpha value is -1.91. The molecule has 5 heteroatoms. The number of benzene rings is 1. The summed E-state index contributed by atoms with van der Waals surface area (Å²) in [7, 11) is 4.59. The molecule has 1 N–H and O–H groups in total. The van der Waals surface area contributed by atoms with Gasteiger partial charge in [-0.2, -0.15) is 0 Å². The summed E-state index contributed by atoms with van der Waals surface area (Å²) in [6.45, 7) is 6.22. The van der Waals surface area contributed by atoms with Crippen molar-refractivity contribution in [2.75, 3.05) is 21.3 Å². The molecule has 21 heavy (non-hydrogen) atoms. The smallest absolute Gasteiger partial charge is 0.251 e. The molecule has 0 aliphatic heterocycles. The topological polar surface area (TPSA) is 56.8 Å². The Morgan fingerprint density at radius 3 is 2.00 bits per heavy atom. The van der Waals surface area contributed by atoms with Gasteiger partial charge in [-0.25, -0.2) is 0 Å². The summed E-state index contributed by atoms with van der Waals surface area (Å²) < 4.78 is 15.8. The third-order valence-electron chi connectivity index (χ3n) is 3.78. The van der Waals surface area contributed by atoms with Crippen molar-refractivity contribution in [3.63, 3.8) is 0 Å². The highest BCUT2D eigenvalue weighted by atomic mass is 16.5. The molecule has 2 atom stereocenters. The van der Waals surface area contributed by atoms with Gasteiger partial charge in [-0.3, -0.25) is 4.79 Å². The van der Waals surface area contributed by atoms with Crippen molar-refractivity contribution in [1.82, 2.24) is 5.32 Å². The molecule has 0 aliphatic carbocycles. The highest BCUT2D eigenvalue weighted by Crippen LogP contribution is 2.38. The lowest BCUT2D eigenvalue weighted by atomic mass is 10.0. The van der Waals surface area contributed by atoms with Gasteiger partial charge in [0, 0.05) is 11.6 Å². The van der Waals surface area contributed by atoms with Crippen molar-refractivity contribution < 1.29 is 19.0 Å². The molecule has 2 unspecified atom stereocenters. The monoisotopic (exact) mass is 295 g/mol. The van der Waals surface area contributed by atoms with E-state index in [2.05, 4.69) is 19.2 Å². The molecule has 1 rings (SSSR count). The van der Waals surface area contributed by atoms with Gasteiger partial charge in [-0.1, -0.05) is 20.3 Å². The number of rotatable bonds is 7. The van der Waals surface area contributed by atoms with Gasteiger partial charge in [0.25, 0.3) is 5.91 Å². The largest absolute Gasteiger partial charge is 0.493 e. The molecule has 1 aromatic carbocycles. The second kappa shape index (κ2) is 7.76. The fourth-order valence-electron chi connectivity index (χ4n) is 2.00. The molecule has 0 radical (unpaired) electrons. The molecule has 1 aromatic rings. The van der Waals surface area contributed by atoms with Gasteiger partial charge in [0.05, 0.1) is 21.3 Å². The third kappa shape index (κ3) is 4.03. The maximum atomic E-state index is 12.3. The fourth-order valence-corrected chi connectivity index (χ4v) is 2.00. The fraction of sp³-hybridized carbons (Fsp3) is 0.562. The minimum Gasteiger partial charge on any atom is -0.493 e. The second-order valence-electron chi connectivity index (χ2n) is 5.06. The minimum absolute atomic E-state index is 0.0987. The van der Waals surface area contributed by atoms with E-state index < -0.39 is 0 Å². The summed E-state index contributed by atoms with van der Waals surface area (Å²) >= 11 is 0. The first-order valence-corrected chi connectivity index (χ1v) is 7.09. The maximum absolute atomic E-state index is 12.3. The van der Waals surface area contributed by atoms with Crippen LogP contribution in [0.2, 0.25) is 0 Å². The predicted octanol–water partition coefficient (Wildman–Crippen LogP) is 2.88. The SMILES string of the molecule is CCC(C)C(C)NC(=O)c1cc(OC)c(OC)c(OC)c1. The van der Waals surface area contributed by atoms with E-state index in [1.807, 2.05) is 6.92 Å². The third-order valence-corrected chi connectivity index (χ3v) is 3.78. The van der Waals surface area contributed by atoms with Crippen LogP contribution in [0.1, 0.15) is 37.6 Å². The van der Waals surface area contributed by atoms with Crippen LogP contribution in [0.15, 0.2) is 12.1 Å². The van der Waals surface area contributed by atoms with Crippen LogP contribution < -0.4 is 19.5 Å². The number of hydrogen-bond donors (Lipinski definition) is 1. The molecule has 0 aliphatic rings. The quantitative estimate of drug-likeness (QED) is 0.840. The van der Waals surface area contributed by atoms with Crippen molar-refractivity contribution in [1.29, 1.82) is 0 Å². The Morgan fingerprint density at radius 1 is 1.10 bits per heavy atom. The lowest BCUT2D eigenvalue weighted by Gasteiger charge is -2.20. The minimum atomic E-state index is -0.151. The van der Waals surface area contributed by atoms with Crippen LogP contribution in [0.5, 0.6) is 17.2 Å². The first kappa shape index (κ1) is 17.1. The van der Waals surface area contributed by atoms with Gasteiger partial charge in [0.15, 0.2) is 11.5 Å². The molecule has 0 aromatic heterocycles. The number of nitrogens with one attached hydrogen (secondary N) is 1. The molecule has 0 fully saturated rings. The Kier molecular flexibility index (Phi) is 6.34. The predicted molar refractivity (Wildman–Crippen MR) is 82.5 cm³/mol. The van der Waals surface area contributed by atoms with Crippen LogP contribution in [0, 0.1) is 5.92 Å². The van der Waals surface area contributed by atoms with Crippen molar-refractivity contribution in [2.24, 2.45) is 5.92 Å². The number of ether oxygens (including phenoxy) is 3. The zero-order valence-electron chi connectivity index (χ0n) is 13.6. The molecule has 5 nitrogen and oxygen atoms in total. The molecule has 118 valence electrons. The highest BCUT2D eigenvalue weighted by Gasteiger charge is 2.19. The van der Waals surface area contributed by atoms with E-state index in [9.17, 15) is 4.79 Å². The Balaban J connectivity index is 3.05. The molecule has 0 heterocycles. The van der Waals surface area contributed by atoms with Crippen LogP contribution in [-0.2, 0) is 0 Å². The Morgan fingerprint density at radius 2 is 1.62 bits per heavy atom. The summed E-state index contributed by atoms with van der Waals surface area (Å²) in [5.41, 5.74) is 0.486. The van der Waals surface area contributed by atoms with E-state index in [4.69, 9.17) is 14.2 Å². The molecule has 0 spiro atoms. The van der Waals surface area contributed by atoms with Crippen molar-refractivity contribution in [2.45, 2.75) is 33.2 Å². The van der Waals surface area contributed by atoms with Gasteiger partial charge in [0.2, 0.25) is 5.75 Å². The highest BCUT2D eigenvalue weighted by molar-refractivity contribution is 5.95. The lowest BCUT2D eigenvalue weighted by Crippen LogP contribution is -2.36. The van der Waals surface area contributed by atoms with Gasteiger partial charge in [-0.05, 0) is 25.0 Å². The van der Waals surface area contributed by atoms with Gasteiger partial charge in [-0.15, -0.1) is 0 Å². The van der Waals surface area contributed by atoms with E-state index in [-0.39, 0.29) is 11.9 Å². The van der Waals surface area contributed by atoms with Crippen molar-refractivity contribution in [3.05, 3.63) is 17.7 Å². The first-order valence-electron chi connectivity index (χ1n) is 7.09. The maximum Gasteiger partial charge on any atom is 0.251 e. The van der Waals surface area contributed by atoms with Crippen LogP contribution in [0.4, 0.5) is 0 Å². The number of carbonyl (C=O) groups excluding carboxylic acids is 1. The molecular formula is C16H25NO4. The summed E-state index contributed by atoms with van der Waals surface area (Å²) in [5, 5.41) is 3.00.